The third-order valence-electron chi connectivity index (χ3n) is 2.03. The van der Waals surface area contributed by atoms with Crippen LogP contribution < -0.4 is 5.32 Å². The zero-order valence-corrected chi connectivity index (χ0v) is 7.84. The molecular weight excluding hydrogens is 178 g/mol. The van der Waals surface area contributed by atoms with Gasteiger partial charge in [-0.05, 0) is 12.2 Å². The van der Waals surface area contributed by atoms with Crippen LogP contribution in [0.1, 0.15) is 6.42 Å². The van der Waals surface area contributed by atoms with E-state index < -0.39 is 0 Å². The van der Waals surface area contributed by atoms with Crippen LogP contribution in [0.4, 0.5) is 0 Å². The van der Waals surface area contributed by atoms with Crippen LogP contribution in [0, 0.1) is 0 Å². The van der Waals surface area contributed by atoms with Crippen molar-refractivity contribution in [3.8, 4) is 0 Å². The lowest BCUT2D eigenvalue weighted by Crippen LogP contribution is -2.50. The summed E-state index contributed by atoms with van der Waals surface area (Å²) in [5, 5.41) is 3.81. The molecule has 0 radical (unpaired) electrons. The highest BCUT2D eigenvalue weighted by molar-refractivity contribution is 8.01. The monoisotopic (exact) mass is 189 g/mol. The summed E-state index contributed by atoms with van der Waals surface area (Å²) in [7, 11) is 0. The normalized spacial score (nSPS) is 37.6. The minimum Gasteiger partial charge on any atom is -0.375 e. The summed E-state index contributed by atoms with van der Waals surface area (Å²) in [6, 6.07) is 0. The van der Waals surface area contributed by atoms with Gasteiger partial charge in [-0.1, -0.05) is 12.2 Å². The molecule has 0 aliphatic carbocycles. The number of hydrogen-bond acceptors (Lipinski definition) is 3. The standard InChI is InChI=1S/C7H11NOS2/c10-7-6(5-1-4-11-5)9-3-2-8-7/h5-6H,1-4H2,(H,8,10). The van der Waals surface area contributed by atoms with E-state index in [1.807, 2.05) is 11.8 Å². The van der Waals surface area contributed by atoms with E-state index in [2.05, 4.69) is 5.32 Å². The third-order valence-corrected chi connectivity index (χ3v) is 3.79. The Morgan fingerprint density at radius 3 is 3.00 bits per heavy atom. The average Bonchev–Trinajstić information content (AvgIpc) is 1.90. The molecule has 2 nitrogen and oxygen atoms in total. The summed E-state index contributed by atoms with van der Waals surface area (Å²) in [4.78, 5) is 0.911. The molecule has 4 heteroatoms. The van der Waals surface area contributed by atoms with Gasteiger partial charge in [-0.2, -0.15) is 11.8 Å². The topological polar surface area (TPSA) is 21.3 Å². The summed E-state index contributed by atoms with van der Waals surface area (Å²) in [6.07, 6.45) is 1.47. The molecule has 2 aliphatic heterocycles. The molecule has 2 aliphatic rings. The van der Waals surface area contributed by atoms with E-state index in [0.717, 1.165) is 18.1 Å². The average molecular weight is 189 g/mol. The first-order valence-corrected chi connectivity index (χ1v) is 5.34. The molecule has 2 unspecified atom stereocenters. The molecule has 2 atom stereocenters. The van der Waals surface area contributed by atoms with Crippen LogP contribution in [0.25, 0.3) is 0 Å². The van der Waals surface area contributed by atoms with Crippen molar-refractivity contribution in [3.63, 3.8) is 0 Å². The van der Waals surface area contributed by atoms with Crippen molar-refractivity contribution < 1.29 is 4.74 Å². The second kappa shape index (κ2) is 3.29. The van der Waals surface area contributed by atoms with E-state index in [0.29, 0.717) is 5.25 Å². The fourth-order valence-corrected chi connectivity index (χ4v) is 2.62. The Morgan fingerprint density at radius 2 is 2.45 bits per heavy atom. The van der Waals surface area contributed by atoms with Crippen LogP contribution in [-0.4, -0.2) is 35.2 Å². The van der Waals surface area contributed by atoms with Crippen molar-refractivity contribution in [2.45, 2.75) is 17.8 Å². The Labute approximate surface area is 76.1 Å². The Morgan fingerprint density at radius 1 is 1.64 bits per heavy atom. The zero-order valence-electron chi connectivity index (χ0n) is 6.21. The quantitative estimate of drug-likeness (QED) is 0.616. The van der Waals surface area contributed by atoms with Crippen LogP contribution >= 0.6 is 24.0 Å². The lowest BCUT2D eigenvalue weighted by Gasteiger charge is -2.36. The first-order valence-electron chi connectivity index (χ1n) is 3.89. The highest BCUT2D eigenvalue weighted by atomic mass is 32.2. The molecule has 2 fully saturated rings. The van der Waals surface area contributed by atoms with Crippen molar-refractivity contribution in [3.05, 3.63) is 0 Å². The Bertz CT molecular complexity index is 170. The van der Waals surface area contributed by atoms with Gasteiger partial charge in [0.15, 0.2) is 0 Å². The predicted molar refractivity (Wildman–Crippen MR) is 51.2 cm³/mol. The van der Waals surface area contributed by atoms with Gasteiger partial charge in [-0.15, -0.1) is 0 Å². The second-order valence-corrected chi connectivity index (χ2v) is 4.57. The van der Waals surface area contributed by atoms with Gasteiger partial charge in [0, 0.05) is 11.8 Å². The maximum atomic E-state index is 5.57. The fraction of sp³-hybridized carbons (Fsp3) is 0.857. The number of nitrogens with one attached hydrogen (secondary N) is 1. The molecule has 2 heterocycles. The number of thiocarbonyl (C=S) groups is 1. The molecule has 1 N–H and O–H groups in total. The lowest BCUT2D eigenvalue weighted by molar-refractivity contribution is 0.0825. The lowest BCUT2D eigenvalue weighted by atomic mass is 10.1. The van der Waals surface area contributed by atoms with Crippen LogP contribution in [0.15, 0.2) is 0 Å². The molecule has 62 valence electrons. The van der Waals surface area contributed by atoms with E-state index >= 15 is 0 Å². The summed E-state index contributed by atoms with van der Waals surface area (Å²) in [6.45, 7) is 1.69. The van der Waals surface area contributed by atoms with E-state index in [4.69, 9.17) is 17.0 Å². The number of ether oxygens (including phenoxy) is 1. The zero-order chi connectivity index (χ0) is 7.68. The Balaban J connectivity index is 1.93. The van der Waals surface area contributed by atoms with Crippen molar-refractivity contribution in [2.75, 3.05) is 18.9 Å². The molecule has 0 aromatic rings. The van der Waals surface area contributed by atoms with E-state index in [-0.39, 0.29) is 6.10 Å². The molecule has 2 rings (SSSR count). The van der Waals surface area contributed by atoms with Crippen LogP contribution in [0.5, 0.6) is 0 Å². The third kappa shape index (κ3) is 1.53. The van der Waals surface area contributed by atoms with Crippen molar-refractivity contribution in [1.82, 2.24) is 5.32 Å². The van der Waals surface area contributed by atoms with Gasteiger partial charge in [-0.3, -0.25) is 0 Å². The van der Waals surface area contributed by atoms with Crippen LogP contribution in [-0.2, 0) is 4.74 Å². The van der Waals surface area contributed by atoms with Gasteiger partial charge in [0.2, 0.25) is 0 Å². The predicted octanol–water partition coefficient (Wildman–Crippen LogP) is 0.808. The van der Waals surface area contributed by atoms with Gasteiger partial charge >= 0.3 is 0 Å². The molecule has 0 bridgehead atoms. The van der Waals surface area contributed by atoms with Gasteiger partial charge in [0.25, 0.3) is 0 Å². The van der Waals surface area contributed by atoms with Gasteiger partial charge < -0.3 is 10.1 Å². The highest BCUT2D eigenvalue weighted by Gasteiger charge is 2.33. The van der Waals surface area contributed by atoms with Crippen molar-refractivity contribution in [1.29, 1.82) is 0 Å². The maximum absolute atomic E-state index is 5.57. The largest absolute Gasteiger partial charge is 0.375 e. The number of rotatable bonds is 1. The molecule has 0 aromatic heterocycles. The first-order chi connectivity index (χ1) is 5.38. The van der Waals surface area contributed by atoms with Crippen molar-refractivity contribution >= 4 is 29.0 Å². The minimum atomic E-state index is 0.206. The molecule has 11 heavy (non-hydrogen) atoms. The maximum Gasteiger partial charge on any atom is 0.119 e. The van der Waals surface area contributed by atoms with E-state index in [9.17, 15) is 0 Å². The summed E-state index contributed by atoms with van der Waals surface area (Å²) < 4.78 is 5.57. The molecule has 0 saturated carbocycles. The summed E-state index contributed by atoms with van der Waals surface area (Å²) in [5.41, 5.74) is 0. The molecule has 0 spiro atoms. The SMILES string of the molecule is S=C1NCCOC1C1CCS1. The van der Waals surface area contributed by atoms with Crippen LogP contribution in [0.3, 0.4) is 0 Å². The first kappa shape index (κ1) is 7.83. The summed E-state index contributed by atoms with van der Waals surface area (Å²) in [5.74, 6) is 1.27. The van der Waals surface area contributed by atoms with E-state index in [1.54, 1.807) is 0 Å². The molecule has 0 aromatic carbocycles. The molecule has 2 saturated heterocycles. The Kier molecular flexibility index (Phi) is 2.34. The number of hydrogen-bond donors (Lipinski definition) is 1. The van der Waals surface area contributed by atoms with Gasteiger partial charge in [0.05, 0.1) is 6.61 Å². The van der Waals surface area contributed by atoms with Crippen LogP contribution in [0.2, 0.25) is 0 Å². The Hall–Kier alpha value is 0.200. The van der Waals surface area contributed by atoms with Crippen molar-refractivity contribution in [2.24, 2.45) is 0 Å². The van der Waals surface area contributed by atoms with Gasteiger partial charge in [-0.25, -0.2) is 0 Å². The number of morpholine rings is 1. The fourth-order valence-electron chi connectivity index (χ4n) is 1.31. The summed E-state index contributed by atoms with van der Waals surface area (Å²) >= 11 is 7.12. The van der Waals surface area contributed by atoms with Gasteiger partial charge in [0.1, 0.15) is 11.1 Å². The molecular formula is C7H11NOS2. The minimum absolute atomic E-state index is 0.206. The number of thioether (sulfide) groups is 1. The van der Waals surface area contributed by atoms with E-state index in [1.165, 1.54) is 12.2 Å². The highest BCUT2D eigenvalue weighted by Crippen LogP contribution is 2.32. The smallest absolute Gasteiger partial charge is 0.119 e. The second-order valence-electron chi connectivity index (χ2n) is 2.78. The molecule has 0 amide bonds.